The Morgan fingerprint density at radius 1 is 1.30 bits per heavy atom. The number of hydrogen-bond acceptors (Lipinski definition) is 3. The molecule has 0 saturated carbocycles. The zero-order valence-electron chi connectivity index (χ0n) is 10.6. The van der Waals surface area contributed by atoms with Gasteiger partial charge in [0.05, 0.1) is 6.54 Å². The molecule has 0 bridgehead atoms. The summed E-state index contributed by atoms with van der Waals surface area (Å²) in [6, 6.07) is 6.56. The Hall–Kier alpha value is -1.63. The van der Waals surface area contributed by atoms with Crippen LogP contribution in [-0.4, -0.2) is 44.0 Å². The average molecular weight is 312 g/mol. The lowest BCUT2D eigenvalue weighted by atomic mass is 10.3. The van der Waals surface area contributed by atoms with E-state index in [1.54, 1.807) is 24.3 Å². The molecular weight excluding hydrogens is 299 g/mol. The third-order valence-corrected chi connectivity index (χ3v) is 2.43. The van der Waals surface area contributed by atoms with E-state index in [9.17, 15) is 18.0 Å². The number of ether oxygens (including phenoxy) is 2. The van der Waals surface area contributed by atoms with Crippen LogP contribution in [0.25, 0.3) is 0 Å². The van der Waals surface area contributed by atoms with Crippen LogP contribution in [0.2, 0.25) is 5.02 Å². The van der Waals surface area contributed by atoms with Crippen LogP contribution in [0.15, 0.2) is 24.3 Å². The lowest BCUT2D eigenvalue weighted by molar-refractivity contribution is -0.162. The fraction of sp³-hybridized carbons (Fsp3) is 0.417. The Bertz CT molecular complexity index is 437. The summed E-state index contributed by atoms with van der Waals surface area (Å²) in [4.78, 5) is 12.2. The zero-order valence-corrected chi connectivity index (χ0v) is 11.4. The Balaban J connectivity index is 2.27. The Morgan fingerprint density at radius 3 is 2.45 bits per heavy atom. The van der Waals surface area contributed by atoms with Crippen LogP contribution >= 0.6 is 11.6 Å². The van der Waals surface area contributed by atoms with Crippen molar-refractivity contribution in [3.8, 4) is 5.75 Å². The van der Waals surface area contributed by atoms with Crippen LogP contribution in [0.3, 0.4) is 0 Å². The van der Waals surface area contributed by atoms with Crippen LogP contribution in [0.5, 0.6) is 5.75 Å². The van der Waals surface area contributed by atoms with Crippen LogP contribution in [-0.2, 0) is 4.74 Å². The number of carbonyl (C=O) groups excluding carboxylic acids is 1. The van der Waals surface area contributed by atoms with Crippen LogP contribution in [0.1, 0.15) is 0 Å². The summed E-state index contributed by atoms with van der Waals surface area (Å²) in [7, 11) is 1.32. The van der Waals surface area contributed by atoms with E-state index in [0.717, 1.165) is 4.90 Å². The number of halogens is 4. The second-order valence-electron chi connectivity index (χ2n) is 3.89. The second-order valence-corrected chi connectivity index (χ2v) is 4.33. The summed E-state index contributed by atoms with van der Waals surface area (Å²) in [5, 5.41) is 0.560. The van der Waals surface area contributed by atoms with Crippen molar-refractivity contribution in [2.24, 2.45) is 0 Å². The molecule has 20 heavy (non-hydrogen) atoms. The number of alkyl halides is 3. The van der Waals surface area contributed by atoms with Crippen LogP contribution in [0.4, 0.5) is 18.0 Å². The summed E-state index contributed by atoms with van der Waals surface area (Å²) < 4.78 is 44.9. The van der Waals surface area contributed by atoms with Gasteiger partial charge >= 0.3 is 12.3 Å². The molecular formula is C12H13ClF3NO3. The molecule has 0 heterocycles. The number of hydrogen-bond donors (Lipinski definition) is 0. The van der Waals surface area contributed by atoms with E-state index in [1.165, 1.54) is 7.05 Å². The molecule has 8 heteroatoms. The quantitative estimate of drug-likeness (QED) is 0.837. The fourth-order valence-corrected chi connectivity index (χ4v) is 1.30. The van der Waals surface area contributed by atoms with Crippen molar-refractivity contribution in [3.63, 3.8) is 0 Å². The summed E-state index contributed by atoms with van der Waals surface area (Å²) >= 11 is 5.69. The highest BCUT2D eigenvalue weighted by Gasteiger charge is 2.30. The van der Waals surface area contributed by atoms with Gasteiger partial charge in [0.1, 0.15) is 12.4 Å². The number of rotatable bonds is 5. The van der Waals surface area contributed by atoms with E-state index in [4.69, 9.17) is 16.3 Å². The second kappa shape index (κ2) is 7.23. The van der Waals surface area contributed by atoms with Gasteiger partial charge in [-0.3, -0.25) is 0 Å². The molecule has 0 aliphatic heterocycles. The molecule has 1 aromatic rings. The number of benzene rings is 1. The van der Waals surface area contributed by atoms with Gasteiger partial charge in [-0.1, -0.05) is 11.6 Å². The Morgan fingerprint density at radius 2 is 1.90 bits per heavy atom. The predicted molar refractivity (Wildman–Crippen MR) is 67.0 cm³/mol. The Labute approximate surface area is 119 Å². The van der Waals surface area contributed by atoms with Crippen molar-refractivity contribution in [3.05, 3.63) is 29.3 Å². The van der Waals surface area contributed by atoms with Crippen molar-refractivity contribution in [1.29, 1.82) is 0 Å². The normalized spacial score (nSPS) is 11.1. The third kappa shape index (κ3) is 6.51. The van der Waals surface area contributed by atoms with Gasteiger partial charge in [0.15, 0.2) is 6.61 Å². The lowest BCUT2D eigenvalue weighted by Crippen LogP contribution is -2.33. The minimum atomic E-state index is -4.53. The molecule has 112 valence electrons. The van der Waals surface area contributed by atoms with Gasteiger partial charge in [-0.05, 0) is 24.3 Å². The Kier molecular flexibility index (Phi) is 5.94. The summed E-state index contributed by atoms with van der Waals surface area (Å²) in [6.07, 6.45) is -5.59. The first-order valence-corrected chi connectivity index (χ1v) is 5.99. The smallest absolute Gasteiger partial charge is 0.422 e. The highest BCUT2D eigenvalue weighted by molar-refractivity contribution is 6.30. The van der Waals surface area contributed by atoms with Gasteiger partial charge in [0.25, 0.3) is 0 Å². The molecule has 1 aromatic carbocycles. The van der Waals surface area contributed by atoms with Crippen LogP contribution in [0, 0.1) is 0 Å². The van der Waals surface area contributed by atoms with Crippen molar-refractivity contribution >= 4 is 17.7 Å². The fourth-order valence-electron chi connectivity index (χ4n) is 1.18. The molecule has 0 saturated heterocycles. The monoisotopic (exact) mass is 311 g/mol. The molecule has 4 nitrogen and oxygen atoms in total. The standard InChI is InChI=1S/C12H13ClF3NO3/c1-17(11(18)20-8-12(14,15)16)6-7-19-10-4-2-9(13)3-5-10/h2-5H,6-8H2,1H3. The summed E-state index contributed by atoms with van der Waals surface area (Å²) in [5.74, 6) is 0.548. The maximum atomic E-state index is 11.9. The molecule has 1 rings (SSSR count). The van der Waals surface area contributed by atoms with E-state index < -0.39 is 18.9 Å². The average Bonchev–Trinajstić information content (AvgIpc) is 2.37. The maximum absolute atomic E-state index is 11.9. The SMILES string of the molecule is CN(CCOc1ccc(Cl)cc1)C(=O)OCC(F)(F)F. The first kappa shape index (κ1) is 16.4. The molecule has 0 atom stereocenters. The van der Waals surface area contributed by atoms with Gasteiger partial charge in [-0.25, -0.2) is 4.79 Å². The number of amides is 1. The molecule has 0 spiro atoms. The molecule has 0 radical (unpaired) electrons. The minimum absolute atomic E-state index is 0.0965. The summed E-state index contributed by atoms with van der Waals surface area (Å²) in [6.45, 7) is -1.38. The molecule has 1 amide bonds. The van der Waals surface area contributed by atoms with Crippen molar-refractivity contribution in [2.45, 2.75) is 6.18 Å². The van der Waals surface area contributed by atoms with Crippen LogP contribution < -0.4 is 4.74 Å². The zero-order chi connectivity index (χ0) is 15.2. The van der Waals surface area contributed by atoms with E-state index in [-0.39, 0.29) is 13.2 Å². The number of carbonyl (C=O) groups is 1. The molecule has 0 aromatic heterocycles. The molecule has 0 aliphatic carbocycles. The van der Waals surface area contributed by atoms with E-state index in [1.807, 2.05) is 0 Å². The predicted octanol–water partition coefficient (Wildman–Crippen LogP) is 3.35. The van der Waals surface area contributed by atoms with Gasteiger partial charge in [-0.15, -0.1) is 0 Å². The number of nitrogens with zero attached hydrogens (tertiary/aromatic N) is 1. The first-order valence-electron chi connectivity index (χ1n) is 5.61. The summed E-state index contributed by atoms with van der Waals surface area (Å²) in [5.41, 5.74) is 0. The molecule has 0 N–H and O–H groups in total. The first-order chi connectivity index (χ1) is 9.28. The molecule has 0 unspecified atom stereocenters. The topological polar surface area (TPSA) is 38.8 Å². The highest BCUT2D eigenvalue weighted by atomic mass is 35.5. The van der Waals surface area contributed by atoms with Gasteiger partial charge < -0.3 is 14.4 Å². The number of likely N-dealkylation sites (N-methyl/N-ethyl adjacent to an activating group) is 1. The maximum Gasteiger partial charge on any atom is 0.422 e. The van der Waals surface area contributed by atoms with E-state index in [2.05, 4.69) is 4.74 Å². The molecule has 0 fully saturated rings. The van der Waals surface area contributed by atoms with Gasteiger partial charge in [0, 0.05) is 12.1 Å². The largest absolute Gasteiger partial charge is 0.492 e. The van der Waals surface area contributed by atoms with Gasteiger partial charge in [0.2, 0.25) is 0 Å². The third-order valence-electron chi connectivity index (χ3n) is 2.18. The lowest BCUT2D eigenvalue weighted by Gasteiger charge is -2.17. The van der Waals surface area contributed by atoms with E-state index in [0.29, 0.717) is 10.8 Å². The molecule has 0 aliphatic rings. The van der Waals surface area contributed by atoms with Crippen molar-refractivity contribution in [2.75, 3.05) is 26.8 Å². The highest BCUT2D eigenvalue weighted by Crippen LogP contribution is 2.16. The van der Waals surface area contributed by atoms with Crippen molar-refractivity contribution in [1.82, 2.24) is 4.90 Å². The van der Waals surface area contributed by atoms with Crippen molar-refractivity contribution < 1.29 is 27.4 Å². The van der Waals surface area contributed by atoms with E-state index >= 15 is 0 Å². The minimum Gasteiger partial charge on any atom is -0.492 e. The van der Waals surface area contributed by atoms with Gasteiger partial charge in [-0.2, -0.15) is 13.2 Å².